The first-order chi connectivity index (χ1) is 6.27. The van der Waals surface area contributed by atoms with Gasteiger partial charge in [0, 0.05) is 10.8 Å². The fourth-order valence-corrected chi connectivity index (χ4v) is 2.74. The predicted molar refractivity (Wildman–Crippen MR) is 57.2 cm³/mol. The van der Waals surface area contributed by atoms with Crippen molar-refractivity contribution in [3.8, 4) is 0 Å². The lowest BCUT2D eigenvalue weighted by atomic mass is 10.0. The summed E-state index contributed by atoms with van der Waals surface area (Å²) >= 11 is 7.74. The highest BCUT2D eigenvalue weighted by molar-refractivity contribution is 7.98. The molecule has 0 radical (unpaired) electrons. The van der Waals surface area contributed by atoms with E-state index in [0.717, 1.165) is 23.5 Å². The molecule has 1 aliphatic rings. The Morgan fingerprint density at radius 2 is 2.31 bits per heavy atom. The maximum absolute atomic E-state index is 9.79. The molecule has 2 rings (SSSR count). The van der Waals surface area contributed by atoms with Gasteiger partial charge in [-0.05, 0) is 35.4 Å². The summed E-state index contributed by atoms with van der Waals surface area (Å²) in [6, 6.07) is 5.78. The number of benzene rings is 1. The Kier molecular flexibility index (Phi) is 2.82. The fourth-order valence-electron chi connectivity index (χ4n) is 1.54. The van der Waals surface area contributed by atoms with Crippen LogP contribution < -0.4 is 0 Å². The zero-order valence-electron chi connectivity index (χ0n) is 7.16. The number of hydrogen-bond acceptors (Lipinski definition) is 2. The average molecular weight is 215 g/mol. The van der Waals surface area contributed by atoms with E-state index in [-0.39, 0.29) is 6.10 Å². The molecule has 1 unspecified atom stereocenters. The number of aliphatic hydroxyl groups excluding tert-OH is 1. The standard InChI is InChI=1S/C10H11ClOS/c11-8-2-1-7-6-13-4-3-10(12)9(7)5-8/h1-2,5,10,12H,3-4,6H2. The summed E-state index contributed by atoms with van der Waals surface area (Å²) in [7, 11) is 0. The Hall–Kier alpha value is -0.180. The Balaban J connectivity index is 2.43. The molecular formula is C10H11ClOS. The van der Waals surface area contributed by atoms with E-state index in [1.807, 2.05) is 30.0 Å². The van der Waals surface area contributed by atoms with Gasteiger partial charge in [0.15, 0.2) is 0 Å². The molecule has 0 saturated heterocycles. The molecule has 0 saturated carbocycles. The van der Waals surface area contributed by atoms with Crippen LogP contribution >= 0.6 is 23.4 Å². The van der Waals surface area contributed by atoms with Crippen LogP contribution in [0.2, 0.25) is 5.02 Å². The third kappa shape index (κ3) is 2.01. The molecule has 1 aromatic rings. The molecule has 1 heterocycles. The van der Waals surface area contributed by atoms with Crippen molar-refractivity contribution in [1.29, 1.82) is 0 Å². The predicted octanol–water partition coefficient (Wildman–Crippen LogP) is 3.01. The van der Waals surface area contributed by atoms with Gasteiger partial charge in [-0.15, -0.1) is 0 Å². The molecule has 0 fully saturated rings. The molecule has 0 spiro atoms. The van der Waals surface area contributed by atoms with Gasteiger partial charge in [-0.2, -0.15) is 11.8 Å². The van der Waals surface area contributed by atoms with Crippen LogP contribution in [0, 0.1) is 0 Å². The van der Waals surface area contributed by atoms with E-state index in [1.165, 1.54) is 5.56 Å². The van der Waals surface area contributed by atoms with Gasteiger partial charge >= 0.3 is 0 Å². The molecule has 70 valence electrons. The molecule has 1 atom stereocenters. The lowest BCUT2D eigenvalue weighted by molar-refractivity contribution is 0.175. The third-order valence-corrected chi connectivity index (χ3v) is 3.53. The molecule has 1 aliphatic heterocycles. The van der Waals surface area contributed by atoms with Crippen LogP contribution in [-0.2, 0) is 5.75 Å². The smallest absolute Gasteiger partial charge is 0.0801 e. The Bertz CT molecular complexity index is 314. The summed E-state index contributed by atoms with van der Waals surface area (Å²) in [4.78, 5) is 0. The lowest BCUT2D eigenvalue weighted by Gasteiger charge is -2.10. The second-order valence-electron chi connectivity index (χ2n) is 3.20. The van der Waals surface area contributed by atoms with E-state index in [1.54, 1.807) is 0 Å². The van der Waals surface area contributed by atoms with Gasteiger partial charge < -0.3 is 5.11 Å². The van der Waals surface area contributed by atoms with Crippen molar-refractivity contribution >= 4 is 23.4 Å². The Morgan fingerprint density at radius 3 is 3.15 bits per heavy atom. The number of aliphatic hydroxyl groups is 1. The normalized spacial score (nSPS) is 22.2. The maximum atomic E-state index is 9.79. The minimum absolute atomic E-state index is 0.330. The number of thioether (sulfide) groups is 1. The molecule has 0 aliphatic carbocycles. The zero-order chi connectivity index (χ0) is 9.26. The van der Waals surface area contributed by atoms with Gasteiger partial charge in [0.25, 0.3) is 0 Å². The van der Waals surface area contributed by atoms with Gasteiger partial charge in [-0.3, -0.25) is 0 Å². The van der Waals surface area contributed by atoms with Crippen LogP contribution in [0.5, 0.6) is 0 Å². The second-order valence-corrected chi connectivity index (χ2v) is 4.74. The molecule has 0 amide bonds. The van der Waals surface area contributed by atoms with Gasteiger partial charge in [-0.1, -0.05) is 17.7 Å². The highest BCUT2D eigenvalue weighted by Crippen LogP contribution is 2.31. The minimum atomic E-state index is -0.330. The number of hydrogen-bond donors (Lipinski definition) is 1. The molecule has 13 heavy (non-hydrogen) atoms. The number of rotatable bonds is 0. The largest absolute Gasteiger partial charge is 0.388 e. The molecule has 0 bridgehead atoms. The van der Waals surface area contributed by atoms with Gasteiger partial charge in [0.05, 0.1) is 6.10 Å². The molecule has 1 aromatic carbocycles. The second kappa shape index (κ2) is 3.91. The topological polar surface area (TPSA) is 20.2 Å². The SMILES string of the molecule is OC1CCSCc2ccc(Cl)cc21. The summed E-state index contributed by atoms with van der Waals surface area (Å²) in [5.41, 5.74) is 2.23. The molecule has 0 aromatic heterocycles. The minimum Gasteiger partial charge on any atom is -0.388 e. The van der Waals surface area contributed by atoms with E-state index < -0.39 is 0 Å². The van der Waals surface area contributed by atoms with E-state index in [2.05, 4.69) is 0 Å². The lowest BCUT2D eigenvalue weighted by Crippen LogP contribution is -1.99. The van der Waals surface area contributed by atoms with Crippen molar-refractivity contribution < 1.29 is 5.11 Å². The summed E-state index contributed by atoms with van der Waals surface area (Å²) < 4.78 is 0. The third-order valence-electron chi connectivity index (χ3n) is 2.26. The van der Waals surface area contributed by atoms with Crippen molar-refractivity contribution in [1.82, 2.24) is 0 Å². The van der Waals surface area contributed by atoms with Crippen molar-refractivity contribution in [2.75, 3.05) is 5.75 Å². The van der Waals surface area contributed by atoms with Gasteiger partial charge in [0.2, 0.25) is 0 Å². The van der Waals surface area contributed by atoms with Gasteiger partial charge in [-0.25, -0.2) is 0 Å². The average Bonchev–Trinajstić information content (AvgIpc) is 2.29. The first-order valence-corrected chi connectivity index (χ1v) is 5.85. The van der Waals surface area contributed by atoms with Crippen molar-refractivity contribution in [3.63, 3.8) is 0 Å². The molecular weight excluding hydrogens is 204 g/mol. The monoisotopic (exact) mass is 214 g/mol. The Labute approximate surface area is 87.1 Å². The molecule has 1 nitrogen and oxygen atoms in total. The molecule has 1 N–H and O–H groups in total. The van der Waals surface area contributed by atoms with Crippen LogP contribution in [0.15, 0.2) is 18.2 Å². The first-order valence-electron chi connectivity index (χ1n) is 4.31. The van der Waals surface area contributed by atoms with E-state index in [0.29, 0.717) is 5.02 Å². The van der Waals surface area contributed by atoms with Crippen LogP contribution in [0.1, 0.15) is 23.7 Å². The van der Waals surface area contributed by atoms with Crippen LogP contribution in [0.4, 0.5) is 0 Å². The van der Waals surface area contributed by atoms with Crippen molar-refractivity contribution in [2.24, 2.45) is 0 Å². The van der Waals surface area contributed by atoms with Gasteiger partial charge in [0.1, 0.15) is 0 Å². The highest BCUT2D eigenvalue weighted by Gasteiger charge is 2.16. The van der Waals surface area contributed by atoms with E-state index >= 15 is 0 Å². The summed E-state index contributed by atoms with van der Waals surface area (Å²) in [6.45, 7) is 0. The summed E-state index contributed by atoms with van der Waals surface area (Å²) in [5.74, 6) is 2.01. The maximum Gasteiger partial charge on any atom is 0.0801 e. The molecule has 3 heteroatoms. The number of halogens is 1. The zero-order valence-corrected chi connectivity index (χ0v) is 8.74. The van der Waals surface area contributed by atoms with E-state index in [9.17, 15) is 5.11 Å². The quantitative estimate of drug-likeness (QED) is 0.717. The van der Waals surface area contributed by atoms with Crippen molar-refractivity contribution in [2.45, 2.75) is 18.3 Å². The summed E-state index contributed by atoms with van der Waals surface area (Å²) in [6.07, 6.45) is 0.501. The van der Waals surface area contributed by atoms with Crippen molar-refractivity contribution in [3.05, 3.63) is 34.3 Å². The van der Waals surface area contributed by atoms with Crippen LogP contribution in [0.25, 0.3) is 0 Å². The Morgan fingerprint density at radius 1 is 1.46 bits per heavy atom. The van der Waals surface area contributed by atoms with Crippen LogP contribution in [0.3, 0.4) is 0 Å². The highest BCUT2D eigenvalue weighted by atomic mass is 35.5. The number of fused-ring (bicyclic) bond motifs is 1. The summed E-state index contributed by atoms with van der Waals surface area (Å²) in [5, 5.41) is 10.5. The first kappa shape index (κ1) is 9.38. The van der Waals surface area contributed by atoms with E-state index in [4.69, 9.17) is 11.6 Å². The fraction of sp³-hybridized carbons (Fsp3) is 0.400. The van der Waals surface area contributed by atoms with Crippen LogP contribution in [-0.4, -0.2) is 10.9 Å².